The van der Waals surface area contributed by atoms with E-state index in [0.717, 1.165) is 0 Å². The van der Waals surface area contributed by atoms with Crippen molar-refractivity contribution in [2.75, 3.05) is 13.2 Å². The summed E-state index contributed by atoms with van der Waals surface area (Å²) < 4.78 is 0. The average molecular weight is 295 g/mol. The van der Waals surface area contributed by atoms with Crippen LogP contribution in [0, 0.1) is 19.3 Å². The molecule has 0 saturated heterocycles. The summed E-state index contributed by atoms with van der Waals surface area (Å²) in [6.45, 7) is 8.10. The lowest BCUT2D eigenvalue weighted by Gasteiger charge is -2.23. The summed E-state index contributed by atoms with van der Waals surface area (Å²) in [4.78, 5) is 30.5. The van der Waals surface area contributed by atoms with Gasteiger partial charge in [-0.3, -0.25) is 9.59 Å². The van der Waals surface area contributed by atoms with Crippen molar-refractivity contribution in [3.05, 3.63) is 27.4 Å². The van der Waals surface area contributed by atoms with E-state index in [9.17, 15) is 9.59 Å². The van der Waals surface area contributed by atoms with E-state index in [1.807, 2.05) is 13.8 Å². The quantitative estimate of drug-likeness (QED) is 0.695. The maximum atomic E-state index is 11.9. The minimum Gasteiger partial charge on any atom is -0.396 e. The number of nitrogens with zero attached hydrogens (tertiary/aromatic N) is 1. The summed E-state index contributed by atoms with van der Waals surface area (Å²) in [5.74, 6) is 0.483. The predicted molar refractivity (Wildman–Crippen MR) is 81.1 cm³/mol. The van der Waals surface area contributed by atoms with Gasteiger partial charge in [-0.05, 0) is 32.1 Å². The van der Waals surface area contributed by atoms with Crippen LogP contribution < -0.4 is 10.9 Å². The molecule has 1 heterocycles. The molecular weight excluding hydrogens is 270 g/mol. The number of H-pyrrole nitrogens is 1. The van der Waals surface area contributed by atoms with Gasteiger partial charge in [-0.1, -0.05) is 13.8 Å². The molecule has 0 aliphatic rings. The van der Waals surface area contributed by atoms with Gasteiger partial charge in [-0.2, -0.15) is 0 Å². The zero-order chi connectivity index (χ0) is 16.0. The van der Waals surface area contributed by atoms with Gasteiger partial charge in [0.25, 0.3) is 5.56 Å². The molecule has 0 unspecified atom stereocenters. The van der Waals surface area contributed by atoms with Gasteiger partial charge < -0.3 is 15.4 Å². The number of aromatic nitrogens is 2. The van der Waals surface area contributed by atoms with Gasteiger partial charge in [-0.25, -0.2) is 4.98 Å². The molecule has 21 heavy (non-hydrogen) atoms. The molecule has 0 saturated carbocycles. The fraction of sp³-hybridized carbons (Fsp3) is 0.667. The van der Waals surface area contributed by atoms with E-state index in [-0.39, 0.29) is 29.9 Å². The second-order valence-corrected chi connectivity index (χ2v) is 6.13. The van der Waals surface area contributed by atoms with Crippen LogP contribution in [0.15, 0.2) is 4.79 Å². The first-order valence-electron chi connectivity index (χ1n) is 7.19. The maximum Gasteiger partial charge on any atom is 0.254 e. The van der Waals surface area contributed by atoms with Crippen LogP contribution in [0.5, 0.6) is 0 Å². The molecule has 1 aromatic rings. The second kappa shape index (κ2) is 7.36. The predicted octanol–water partition coefficient (Wildman–Crippen LogP) is 0.844. The van der Waals surface area contributed by atoms with Crippen molar-refractivity contribution in [3.63, 3.8) is 0 Å². The van der Waals surface area contributed by atoms with Crippen LogP contribution in [0.25, 0.3) is 0 Å². The SMILES string of the molecule is Cc1nc(C)c(CCC(=O)NCC(C)(C)CCO)c(=O)[nH]1. The summed E-state index contributed by atoms with van der Waals surface area (Å²) in [6.07, 6.45) is 1.26. The number of aromatic amines is 1. The van der Waals surface area contributed by atoms with Crippen LogP contribution in [-0.2, 0) is 11.2 Å². The van der Waals surface area contributed by atoms with Gasteiger partial charge in [0.15, 0.2) is 0 Å². The van der Waals surface area contributed by atoms with E-state index in [0.29, 0.717) is 36.5 Å². The zero-order valence-electron chi connectivity index (χ0n) is 13.2. The summed E-state index contributed by atoms with van der Waals surface area (Å²) in [6, 6.07) is 0. The third kappa shape index (κ3) is 5.67. The van der Waals surface area contributed by atoms with Crippen molar-refractivity contribution in [1.82, 2.24) is 15.3 Å². The summed E-state index contributed by atoms with van der Waals surface area (Å²) in [5, 5.41) is 11.8. The Morgan fingerprint density at radius 2 is 2.05 bits per heavy atom. The minimum atomic E-state index is -0.173. The van der Waals surface area contributed by atoms with E-state index in [1.54, 1.807) is 13.8 Å². The van der Waals surface area contributed by atoms with Crippen LogP contribution in [0.4, 0.5) is 0 Å². The number of aliphatic hydroxyl groups is 1. The van der Waals surface area contributed by atoms with E-state index >= 15 is 0 Å². The third-order valence-corrected chi connectivity index (χ3v) is 3.50. The van der Waals surface area contributed by atoms with Gasteiger partial charge in [0.1, 0.15) is 5.82 Å². The van der Waals surface area contributed by atoms with Crippen molar-refractivity contribution < 1.29 is 9.90 Å². The first-order chi connectivity index (χ1) is 9.75. The van der Waals surface area contributed by atoms with E-state index in [1.165, 1.54) is 0 Å². The molecule has 118 valence electrons. The number of nitrogens with one attached hydrogen (secondary N) is 2. The number of carbonyl (C=O) groups is 1. The number of carbonyl (C=O) groups excluding carboxylic acids is 1. The number of hydrogen-bond acceptors (Lipinski definition) is 4. The van der Waals surface area contributed by atoms with Crippen LogP contribution in [0.3, 0.4) is 0 Å². The fourth-order valence-electron chi connectivity index (χ4n) is 2.10. The lowest BCUT2D eigenvalue weighted by molar-refractivity contribution is -0.121. The van der Waals surface area contributed by atoms with Gasteiger partial charge in [0, 0.05) is 30.8 Å². The van der Waals surface area contributed by atoms with Crippen molar-refractivity contribution >= 4 is 5.91 Å². The zero-order valence-corrected chi connectivity index (χ0v) is 13.2. The average Bonchev–Trinajstić information content (AvgIpc) is 2.35. The monoisotopic (exact) mass is 295 g/mol. The number of aryl methyl sites for hydroxylation is 2. The highest BCUT2D eigenvalue weighted by atomic mass is 16.3. The van der Waals surface area contributed by atoms with Crippen molar-refractivity contribution in [3.8, 4) is 0 Å². The van der Waals surface area contributed by atoms with Gasteiger partial charge in [0.05, 0.1) is 0 Å². The minimum absolute atomic E-state index is 0.0969. The number of aliphatic hydroxyl groups excluding tert-OH is 1. The van der Waals surface area contributed by atoms with Gasteiger partial charge in [0.2, 0.25) is 5.91 Å². The third-order valence-electron chi connectivity index (χ3n) is 3.50. The summed E-state index contributed by atoms with van der Waals surface area (Å²) >= 11 is 0. The Hall–Kier alpha value is -1.69. The first kappa shape index (κ1) is 17.4. The van der Waals surface area contributed by atoms with Crippen molar-refractivity contribution in [2.24, 2.45) is 5.41 Å². The molecule has 1 rings (SSSR count). The molecule has 0 fully saturated rings. The Kier molecular flexibility index (Phi) is 6.08. The second-order valence-electron chi connectivity index (χ2n) is 6.13. The summed E-state index contributed by atoms with van der Waals surface area (Å²) in [5.41, 5.74) is 0.923. The van der Waals surface area contributed by atoms with Crippen LogP contribution in [-0.4, -0.2) is 34.1 Å². The Morgan fingerprint density at radius 1 is 1.38 bits per heavy atom. The lowest BCUT2D eigenvalue weighted by Crippen LogP contribution is -2.35. The van der Waals surface area contributed by atoms with E-state index in [4.69, 9.17) is 5.11 Å². The highest BCUT2D eigenvalue weighted by molar-refractivity contribution is 5.76. The molecule has 3 N–H and O–H groups in total. The molecule has 1 aromatic heterocycles. The molecule has 6 heteroatoms. The van der Waals surface area contributed by atoms with Crippen LogP contribution in [0.2, 0.25) is 0 Å². The molecule has 6 nitrogen and oxygen atoms in total. The Labute approximate surface area is 125 Å². The fourth-order valence-corrected chi connectivity index (χ4v) is 2.10. The lowest BCUT2D eigenvalue weighted by atomic mass is 9.90. The highest BCUT2D eigenvalue weighted by Crippen LogP contribution is 2.17. The Bertz CT molecular complexity index is 550. The number of amides is 1. The molecule has 0 bridgehead atoms. The smallest absolute Gasteiger partial charge is 0.254 e. The van der Waals surface area contributed by atoms with Crippen LogP contribution >= 0.6 is 0 Å². The van der Waals surface area contributed by atoms with Crippen LogP contribution in [0.1, 0.15) is 43.8 Å². The highest BCUT2D eigenvalue weighted by Gasteiger charge is 2.18. The molecule has 0 atom stereocenters. The Balaban J connectivity index is 2.53. The molecule has 0 aromatic carbocycles. The van der Waals surface area contributed by atoms with Gasteiger partial charge in [-0.15, -0.1) is 0 Å². The van der Waals surface area contributed by atoms with E-state index < -0.39 is 0 Å². The van der Waals surface area contributed by atoms with Crippen molar-refractivity contribution in [2.45, 2.75) is 47.0 Å². The number of rotatable bonds is 7. The normalized spacial score (nSPS) is 11.5. The Morgan fingerprint density at radius 3 is 2.62 bits per heavy atom. The standard InChI is InChI=1S/C15H25N3O3/c1-10-12(14(21)18-11(2)17-10)5-6-13(20)16-9-15(3,4)7-8-19/h19H,5-9H2,1-4H3,(H,16,20)(H,17,18,21). The first-order valence-corrected chi connectivity index (χ1v) is 7.19. The largest absolute Gasteiger partial charge is 0.396 e. The molecule has 0 radical (unpaired) electrons. The molecular formula is C15H25N3O3. The molecule has 1 amide bonds. The summed E-state index contributed by atoms with van der Waals surface area (Å²) in [7, 11) is 0. The maximum absolute atomic E-state index is 11.9. The molecule has 0 aliphatic carbocycles. The number of hydrogen-bond donors (Lipinski definition) is 3. The van der Waals surface area contributed by atoms with Gasteiger partial charge >= 0.3 is 0 Å². The topological polar surface area (TPSA) is 95.1 Å². The van der Waals surface area contributed by atoms with E-state index in [2.05, 4.69) is 15.3 Å². The molecule has 0 aliphatic heterocycles. The van der Waals surface area contributed by atoms with Crippen molar-refractivity contribution in [1.29, 1.82) is 0 Å². The molecule has 0 spiro atoms.